The molecule has 1 fully saturated rings. The lowest BCUT2D eigenvalue weighted by Crippen LogP contribution is -2.59. The van der Waals surface area contributed by atoms with Gasteiger partial charge in [-0.1, -0.05) is 36.4 Å². The second-order valence-corrected chi connectivity index (χ2v) is 7.37. The first-order valence-electron chi connectivity index (χ1n) is 8.85. The van der Waals surface area contributed by atoms with Gasteiger partial charge in [-0.2, -0.15) is 0 Å². The number of carbonyl (C=O) groups excluding carboxylic acids is 1. The number of morpholine rings is 1. The summed E-state index contributed by atoms with van der Waals surface area (Å²) in [6.07, 6.45) is 2.44. The fourth-order valence-corrected chi connectivity index (χ4v) is 3.32. The van der Waals surface area contributed by atoms with Crippen molar-refractivity contribution in [3.05, 3.63) is 66.0 Å². The van der Waals surface area contributed by atoms with Crippen LogP contribution in [0.3, 0.4) is 0 Å². The monoisotopic (exact) mass is 338 g/mol. The van der Waals surface area contributed by atoms with Crippen LogP contribution in [0, 0.1) is 0 Å². The van der Waals surface area contributed by atoms with Crippen LogP contribution in [-0.4, -0.2) is 40.6 Å². The van der Waals surface area contributed by atoms with Gasteiger partial charge >= 0.3 is 0 Å². The Morgan fingerprint density at radius 2 is 1.96 bits per heavy atom. The van der Waals surface area contributed by atoms with E-state index in [9.17, 15) is 4.79 Å². The highest BCUT2D eigenvalue weighted by atomic mass is 16.5. The zero-order valence-electron chi connectivity index (χ0n) is 15.2. The first-order chi connectivity index (χ1) is 12.0. The summed E-state index contributed by atoms with van der Waals surface area (Å²) in [5, 5.41) is 0. The van der Waals surface area contributed by atoms with Crippen LogP contribution in [0.4, 0.5) is 0 Å². The Labute approximate surface area is 149 Å². The molecular formula is C21H26N2O2. The lowest BCUT2D eigenvalue weighted by Gasteiger charge is -2.46. The number of nitrogens with zero attached hydrogens (tertiary/aromatic N) is 2. The Balaban J connectivity index is 1.92. The molecule has 0 saturated carbocycles. The summed E-state index contributed by atoms with van der Waals surface area (Å²) in [5.74, 6) is -0.0855. The van der Waals surface area contributed by atoms with Gasteiger partial charge in [0.1, 0.15) is 0 Å². The number of benzene rings is 1. The van der Waals surface area contributed by atoms with Crippen LogP contribution in [0.25, 0.3) is 0 Å². The van der Waals surface area contributed by atoms with Crippen molar-refractivity contribution in [3.63, 3.8) is 0 Å². The molecule has 132 valence electrons. The standard InChI is InChI=1S/C21H26N2O2/c1-16-14-23(21(2,3)15-25-16)20(24)19(17-9-5-4-6-10-17)13-18-11-7-8-12-22-18/h4-12,16,19H,13-15H2,1-3H3. The number of rotatable bonds is 4. The third-order valence-corrected chi connectivity index (χ3v) is 4.80. The van der Waals surface area contributed by atoms with Crippen LogP contribution in [0.5, 0.6) is 0 Å². The first-order valence-corrected chi connectivity index (χ1v) is 8.85. The molecule has 1 aromatic carbocycles. The topological polar surface area (TPSA) is 42.4 Å². The highest BCUT2D eigenvalue weighted by molar-refractivity contribution is 5.85. The van der Waals surface area contributed by atoms with Gasteiger partial charge in [0.25, 0.3) is 0 Å². The summed E-state index contributed by atoms with van der Waals surface area (Å²) >= 11 is 0. The van der Waals surface area contributed by atoms with E-state index in [2.05, 4.69) is 18.8 Å². The molecule has 3 rings (SSSR count). The van der Waals surface area contributed by atoms with Crippen LogP contribution in [-0.2, 0) is 16.0 Å². The maximum absolute atomic E-state index is 13.5. The molecule has 1 saturated heterocycles. The summed E-state index contributed by atoms with van der Waals surface area (Å²) < 4.78 is 5.77. The molecular weight excluding hydrogens is 312 g/mol. The molecule has 1 aromatic heterocycles. The van der Waals surface area contributed by atoms with Gasteiger partial charge in [0.15, 0.2) is 0 Å². The highest BCUT2D eigenvalue weighted by Crippen LogP contribution is 2.29. The van der Waals surface area contributed by atoms with E-state index in [-0.39, 0.29) is 23.5 Å². The van der Waals surface area contributed by atoms with Gasteiger partial charge < -0.3 is 9.64 Å². The summed E-state index contributed by atoms with van der Waals surface area (Å²) in [7, 11) is 0. The van der Waals surface area contributed by atoms with Crippen molar-refractivity contribution in [3.8, 4) is 0 Å². The molecule has 2 unspecified atom stereocenters. The van der Waals surface area contributed by atoms with Crippen molar-refractivity contribution in [2.75, 3.05) is 13.2 Å². The van der Waals surface area contributed by atoms with Gasteiger partial charge in [0.2, 0.25) is 5.91 Å². The SMILES string of the molecule is CC1CN(C(=O)C(Cc2ccccn2)c2ccccc2)C(C)(C)CO1. The van der Waals surface area contributed by atoms with E-state index >= 15 is 0 Å². The smallest absolute Gasteiger partial charge is 0.231 e. The van der Waals surface area contributed by atoms with Crippen LogP contribution in [0.2, 0.25) is 0 Å². The second-order valence-electron chi connectivity index (χ2n) is 7.37. The van der Waals surface area contributed by atoms with Crippen molar-refractivity contribution in [2.24, 2.45) is 0 Å². The van der Waals surface area contributed by atoms with Crippen LogP contribution < -0.4 is 0 Å². The summed E-state index contributed by atoms with van der Waals surface area (Å²) in [5.41, 5.74) is 1.66. The van der Waals surface area contributed by atoms with E-state index in [0.29, 0.717) is 19.6 Å². The largest absolute Gasteiger partial charge is 0.374 e. The van der Waals surface area contributed by atoms with Crippen LogP contribution >= 0.6 is 0 Å². The number of hydrogen-bond donors (Lipinski definition) is 0. The maximum Gasteiger partial charge on any atom is 0.231 e. The van der Waals surface area contributed by atoms with Gasteiger partial charge in [-0.3, -0.25) is 9.78 Å². The van der Waals surface area contributed by atoms with Gasteiger partial charge in [0, 0.05) is 24.9 Å². The molecule has 2 heterocycles. The number of hydrogen-bond acceptors (Lipinski definition) is 3. The van der Waals surface area contributed by atoms with Crippen molar-refractivity contribution >= 4 is 5.91 Å². The molecule has 1 aliphatic heterocycles. The minimum absolute atomic E-state index is 0.0586. The van der Waals surface area contributed by atoms with E-state index in [4.69, 9.17) is 4.74 Å². The molecule has 4 heteroatoms. The quantitative estimate of drug-likeness (QED) is 0.858. The number of amides is 1. The fourth-order valence-electron chi connectivity index (χ4n) is 3.32. The Morgan fingerprint density at radius 1 is 1.24 bits per heavy atom. The molecule has 1 aliphatic rings. The molecule has 0 N–H and O–H groups in total. The van der Waals surface area contributed by atoms with E-state index < -0.39 is 0 Å². The van der Waals surface area contributed by atoms with Gasteiger partial charge in [-0.05, 0) is 38.5 Å². The van der Waals surface area contributed by atoms with Gasteiger partial charge in [0.05, 0.1) is 24.2 Å². The Bertz CT molecular complexity index is 700. The van der Waals surface area contributed by atoms with E-state index in [1.165, 1.54) is 0 Å². The molecule has 0 aliphatic carbocycles. The summed E-state index contributed by atoms with van der Waals surface area (Å²) in [6, 6.07) is 15.9. The van der Waals surface area contributed by atoms with E-state index in [0.717, 1.165) is 11.3 Å². The number of ether oxygens (including phenoxy) is 1. The van der Waals surface area contributed by atoms with Gasteiger partial charge in [-0.25, -0.2) is 0 Å². The third kappa shape index (κ3) is 4.07. The van der Waals surface area contributed by atoms with Crippen LogP contribution in [0.1, 0.15) is 37.9 Å². The summed E-state index contributed by atoms with van der Waals surface area (Å²) in [6.45, 7) is 7.34. The lowest BCUT2D eigenvalue weighted by molar-refractivity contribution is -0.154. The fraction of sp³-hybridized carbons (Fsp3) is 0.429. The number of aromatic nitrogens is 1. The maximum atomic E-state index is 13.5. The second kappa shape index (κ2) is 7.36. The van der Waals surface area contributed by atoms with Crippen molar-refractivity contribution in [1.82, 2.24) is 9.88 Å². The van der Waals surface area contributed by atoms with E-state index in [1.54, 1.807) is 6.20 Å². The van der Waals surface area contributed by atoms with Gasteiger partial charge in [-0.15, -0.1) is 0 Å². The number of pyridine rings is 1. The Kier molecular flexibility index (Phi) is 5.19. The normalized spacial score (nSPS) is 20.9. The zero-order valence-corrected chi connectivity index (χ0v) is 15.2. The average molecular weight is 338 g/mol. The van der Waals surface area contributed by atoms with Crippen molar-refractivity contribution in [1.29, 1.82) is 0 Å². The van der Waals surface area contributed by atoms with Crippen molar-refractivity contribution < 1.29 is 9.53 Å². The molecule has 0 bridgehead atoms. The highest BCUT2D eigenvalue weighted by Gasteiger charge is 2.39. The van der Waals surface area contributed by atoms with E-state index in [1.807, 2.05) is 60.4 Å². The molecule has 0 radical (unpaired) electrons. The molecule has 1 amide bonds. The molecule has 2 aromatic rings. The van der Waals surface area contributed by atoms with Crippen LogP contribution in [0.15, 0.2) is 54.7 Å². The average Bonchev–Trinajstić information content (AvgIpc) is 2.63. The number of carbonyl (C=O) groups is 1. The third-order valence-electron chi connectivity index (χ3n) is 4.80. The summed E-state index contributed by atoms with van der Waals surface area (Å²) in [4.78, 5) is 19.9. The lowest BCUT2D eigenvalue weighted by atomic mass is 9.89. The molecule has 25 heavy (non-hydrogen) atoms. The Morgan fingerprint density at radius 3 is 2.64 bits per heavy atom. The molecule has 4 nitrogen and oxygen atoms in total. The van der Waals surface area contributed by atoms with Crippen molar-refractivity contribution in [2.45, 2.75) is 44.8 Å². The predicted molar refractivity (Wildman–Crippen MR) is 98.3 cm³/mol. The predicted octanol–water partition coefficient (Wildman–Crippen LogP) is 3.43. The molecule has 2 atom stereocenters. The Hall–Kier alpha value is -2.20. The minimum atomic E-state index is -0.305. The molecule has 0 spiro atoms. The zero-order chi connectivity index (χ0) is 17.9. The minimum Gasteiger partial charge on any atom is -0.374 e. The first kappa shape index (κ1) is 17.6.